The van der Waals surface area contributed by atoms with Crippen LogP contribution in [0.2, 0.25) is 0 Å². The molecule has 1 amide bonds. The Labute approximate surface area is 208 Å². The molecule has 3 aromatic carbocycles. The summed E-state index contributed by atoms with van der Waals surface area (Å²) in [5, 5.41) is 8.69. The average Bonchev–Trinajstić information content (AvgIpc) is 3.51. The normalized spacial score (nSPS) is 14.0. The molecule has 0 fully saturated rings. The Balaban J connectivity index is 1.32. The van der Waals surface area contributed by atoms with Crippen molar-refractivity contribution in [2.45, 2.75) is 33.2 Å². The standard InChI is InChI=1S/C29H30N3O2P/c1-20(2)18-32-27-12-11-24(15-23(27)17-30-32)34-28-10-6-3-7-21(28)16-29(33)31-26-9-5-4-8-25(26)22-13-14-35-19-22/h3-12,15,17,19-20,35H,13-14,16,18H2,1-2H3,(H,31,33). The first-order chi connectivity index (χ1) is 17.1. The van der Waals surface area contributed by atoms with Crippen LogP contribution in [-0.2, 0) is 17.8 Å². The van der Waals surface area contributed by atoms with Crippen molar-refractivity contribution in [3.05, 3.63) is 89.9 Å². The minimum absolute atomic E-state index is 0.0556. The number of para-hydroxylation sites is 2. The van der Waals surface area contributed by atoms with Crippen LogP contribution in [0.1, 0.15) is 31.4 Å². The molecule has 0 saturated carbocycles. The number of amides is 1. The lowest BCUT2D eigenvalue weighted by Gasteiger charge is -2.14. The molecular formula is C29H30N3O2P. The number of nitrogens with zero attached hydrogens (tertiary/aromatic N) is 2. The van der Waals surface area contributed by atoms with E-state index in [1.807, 2.05) is 71.5 Å². The highest BCUT2D eigenvalue weighted by Crippen LogP contribution is 2.37. The van der Waals surface area contributed by atoms with Gasteiger partial charge in [-0.15, -0.1) is 0 Å². The smallest absolute Gasteiger partial charge is 0.228 e. The molecule has 0 aliphatic carbocycles. The van der Waals surface area contributed by atoms with E-state index in [4.69, 9.17) is 4.74 Å². The van der Waals surface area contributed by atoms with Gasteiger partial charge in [-0.05, 0) is 54.4 Å². The lowest BCUT2D eigenvalue weighted by Crippen LogP contribution is -2.16. The van der Waals surface area contributed by atoms with Crippen LogP contribution in [0.5, 0.6) is 11.5 Å². The molecule has 6 heteroatoms. The van der Waals surface area contributed by atoms with Gasteiger partial charge in [0, 0.05) is 28.7 Å². The van der Waals surface area contributed by atoms with Crippen molar-refractivity contribution < 1.29 is 9.53 Å². The Hall–Kier alpha value is -3.43. The minimum Gasteiger partial charge on any atom is -0.457 e. The number of aromatic nitrogens is 2. The largest absolute Gasteiger partial charge is 0.457 e. The van der Waals surface area contributed by atoms with Gasteiger partial charge in [0.2, 0.25) is 5.91 Å². The summed E-state index contributed by atoms with van der Waals surface area (Å²) in [5.74, 6) is 4.19. The van der Waals surface area contributed by atoms with Crippen molar-refractivity contribution in [3.8, 4) is 11.5 Å². The number of allylic oxidation sites excluding steroid dienone is 1. The molecule has 178 valence electrons. The summed E-state index contributed by atoms with van der Waals surface area (Å²) >= 11 is 0. The van der Waals surface area contributed by atoms with Gasteiger partial charge in [-0.25, -0.2) is 0 Å². The summed E-state index contributed by atoms with van der Waals surface area (Å²) in [6.45, 7) is 5.24. The number of fused-ring (bicyclic) bond motifs is 1. The lowest BCUT2D eigenvalue weighted by molar-refractivity contribution is -0.115. The predicted molar refractivity (Wildman–Crippen MR) is 146 cm³/mol. The zero-order valence-corrected chi connectivity index (χ0v) is 21.1. The SMILES string of the molecule is CC(C)Cn1ncc2cc(Oc3ccccc3CC(=O)Nc3ccccc3C3=CPCC3)ccc21. The van der Waals surface area contributed by atoms with Crippen molar-refractivity contribution in [2.24, 2.45) is 5.92 Å². The molecule has 1 aliphatic rings. The zero-order chi connectivity index (χ0) is 24.2. The fraction of sp³-hybridized carbons (Fsp3) is 0.241. The number of hydrogen-bond donors (Lipinski definition) is 1. The van der Waals surface area contributed by atoms with Gasteiger partial charge in [0.15, 0.2) is 0 Å². The van der Waals surface area contributed by atoms with Gasteiger partial charge in [-0.1, -0.05) is 64.6 Å². The minimum atomic E-state index is -0.0556. The van der Waals surface area contributed by atoms with Gasteiger partial charge in [0.25, 0.3) is 0 Å². The lowest BCUT2D eigenvalue weighted by atomic mass is 10.0. The maximum atomic E-state index is 13.0. The number of ether oxygens (including phenoxy) is 1. The maximum Gasteiger partial charge on any atom is 0.228 e. The van der Waals surface area contributed by atoms with Crippen LogP contribution < -0.4 is 10.1 Å². The Kier molecular flexibility index (Phi) is 6.96. The van der Waals surface area contributed by atoms with Crippen LogP contribution in [-0.4, -0.2) is 21.8 Å². The van der Waals surface area contributed by atoms with E-state index in [2.05, 4.69) is 36.1 Å². The highest BCUT2D eigenvalue weighted by Gasteiger charge is 2.15. The summed E-state index contributed by atoms with van der Waals surface area (Å²) in [4.78, 5) is 13.0. The van der Waals surface area contributed by atoms with Crippen LogP contribution in [0.4, 0.5) is 5.69 Å². The Bertz CT molecular complexity index is 1390. The van der Waals surface area contributed by atoms with E-state index in [1.54, 1.807) is 0 Å². The molecule has 1 aromatic heterocycles. The first-order valence-corrected chi connectivity index (χ1v) is 13.4. The Morgan fingerprint density at radius 3 is 2.77 bits per heavy atom. The molecule has 5 nitrogen and oxygen atoms in total. The molecule has 0 saturated heterocycles. The maximum absolute atomic E-state index is 13.0. The summed E-state index contributed by atoms with van der Waals surface area (Å²) in [6.07, 6.45) is 4.39. The second-order valence-electron chi connectivity index (χ2n) is 9.30. The van der Waals surface area contributed by atoms with Crippen LogP contribution in [0.3, 0.4) is 0 Å². The van der Waals surface area contributed by atoms with Gasteiger partial charge in [0.1, 0.15) is 11.5 Å². The molecular weight excluding hydrogens is 453 g/mol. The van der Waals surface area contributed by atoms with E-state index in [-0.39, 0.29) is 12.3 Å². The number of carbonyl (C=O) groups excluding carboxylic acids is 1. The second kappa shape index (κ2) is 10.5. The highest BCUT2D eigenvalue weighted by molar-refractivity contribution is 7.42. The predicted octanol–water partition coefficient (Wildman–Crippen LogP) is 7.09. The summed E-state index contributed by atoms with van der Waals surface area (Å²) in [7, 11) is 0.866. The van der Waals surface area contributed by atoms with Crippen LogP contribution in [0.15, 0.2) is 78.7 Å². The summed E-state index contributed by atoms with van der Waals surface area (Å²) < 4.78 is 8.27. The van der Waals surface area contributed by atoms with E-state index in [1.165, 1.54) is 11.7 Å². The molecule has 5 rings (SSSR count). The summed E-state index contributed by atoms with van der Waals surface area (Å²) in [5.41, 5.74) is 5.27. The molecule has 1 N–H and O–H groups in total. The van der Waals surface area contributed by atoms with E-state index in [0.717, 1.165) is 55.0 Å². The molecule has 0 radical (unpaired) electrons. The molecule has 0 bridgehead atoms. The Morgan fingerprint density at radius 1 is 1.11 bits per heavy atom. The number of benzene rings is 3. The molecule has 0 spiro atoms. The number of rotatable bonds is 8. The van der Waals surface area contributed by atoms with Gasteiger partial charge >= 0.3 is 0 Å². The van der Waals surface area contributed by atoms with E-state index >= 15 is 0 Å². The van der Waals surface area contributed by atoms with Crippen LogP contribution in [0.25, 0.3) is 16.5 Å². The Morgan fingerprint density at radius 2 is 1.94 bits per heavy atom. The zero-order valence-electron chi connectivity index (χ0n) is 20.1. The van der Waals surface area contributed by atoms with Crippen molar-refractivity contribution in [3.63, 3.8) is 0 Å². The molecule has 1 atom stereocenters. The van der Waals surface area contributed by atoms with Gasteiger partial charge < -0.3 is 10.1 Å². The second-order valence-corrected chi connectivity index (χ2v) is 10.5. The molecule has 4 aromatic rings. The topological polar surface area (TPSA) is 56.2 Å². The van der Waals surface area contributed by atoms with Crippen molar-refractivity contribution in [2.75, 3.05) is 11.5 Å². The average molecular weight is 484 g/mol. The van der Waals surface area contributed by atoms with E-state index in [9.17, 15) is 4.79 Å². The van der Waals surface area contributed by atoms with E-state index < -0.39 is 0 Å². The number of hydrogen-bond acceptors (Lipinski definition) is 3. The van der Waals surface area contributed by atoms with E-state index in [0.29, 0.717) is 11.7 Å². The van der Waals surface area contributed by atoms with Gasteiger partial charge in [0.05, 0.1) is 18.1 Å². The molecule has 2 heterocycles. The van der Waals surface area contributed by atoms with Crippen LogP contribution in [0, 0.1) is 5.92 Å². The van der Waals surface area contributed by atoms with Gasteiger partial charge in [-0.2, -0.15) is 5.10 Å². The van der Waals surface area contributed by atoms with Crippen LogP contribution >= 0.6 is 8.58 Å². The summed E-state index contributed by atoms with van der Waals surface area (Å²) in [6, 6.07) is 21.8. The molecule has 1 unspecified atom stereocenters. The third-order valence-corrected chi connectivity index (χ3v) is 7.16. The number of carbonyl (C=O) groups is 1. The highest BCUT2D eigenvalue weighted by atomic mass is 31.1. The molecule has 1 aliphatic heterocycles. The number of nitrogens with one attached hydrogen (secondary N) is 1. The van der Waals surface area contributed by atoms with Crippen molar-refractivity contribution in [1.29, 1.82) is 0 Å². The molecule has 35 heavy (non-hydrogen) atoms. The van der Waals surface area contributed by atoms with Crippen molar-refractivity contribution >= 4 is 36.7 Å². The third kappa shape index (κ3) is 5.47. The van der Waals surface area contributed by atoms with Gasteiger partial charge in [-0.3, -0.25) is 9.48 Å². The fourth-order valence-electron chi connectivity index (χ4n) is 4.42. The monoisotopic (exact) mass is 483 g/mol. The fourth-order valence-corrected chi connectivity index (χ4v) is 5.53. The first kappa shape index (κ1) is 23.3. The number of anilines is 1. The quantitative estimate of drug-likeness (QED) is 0.272. The first-order valence-electron chi connectivity index (χ1n) is 12.1. The van der Waals surface area contributed by atoms with Crippen molar-refractivity contribution in [1.82, 2.24) is 9.78 Å². The third-order valence-electron chi connectivity index (χ3n) is 6.06.